The zero-order valence-corrected chi connectivity index (χ0v) is 12.8. The smallest absolute Gasteiger partial charge is 0.261 e. The molecule has 7 heteroatoms. The highest BCUT2D eigenvalue weighted by Gasteiger charge is 2.29. The van der Waals surface area contributed by atoms with Crippen LogP contribution >= 0.6 is 22.6 Å². The Morgan fingerprint density at radius 2 is 2.16 bits per heavy atom. The molecule has 0 unspecified atom stereocenters. The van der Waals surface area contributed by atoms with Crippen molar-refractivity contribution >= 4 is 28.4 Å². The third-order valence-electron chi connectivity index (χ3n) is 2.84. The van der Waals surface area contributed by atoms with E-state index in [-0.39, 0.29) is 6.61 Å². The molecule has 0 radical (unpaired) electrons. The van der Waals surface area contributed by atoms with Crippen molar-refractivity contribution in [1.82, 2.24) is 9.97 Å². The number of alkyl halides is 2. The molecule has 0 bridgehead atoms. The summed E-state index contributed by atoms with van der Waals surface area (Å²) in [7, 11) is 1.82. The number of nitrogens with zero attached hydrogens (tertiary/aromatic N) is 2. The lowest BCUT2D eigenvalue weighted by Gasteiger charge is -2.10. The summed E-state index contributed by atoms with van der Waals surface area (Å²) in [5.41, 5.74) is 1.07. The van der Waals surface area contributed by atoms with Crippen LogP contribution in [0.4, 0.5) is 14.6 Å². The van der Waals surface area contributed by atoms with Crippen LogP contribution in [0, 0.1) is 3.57 Å². The quantitative estimate of drug-likeness (QED) is 0.581. The first kappa shape index (κ1) is 14.8. The highest BCUT2D eigenvalue weighted by molar-refractivity contribution is 14.1. The molecule has 2 rings (SSSR count). The fraction of sp³-hybridized carbons (Fsp3) is 0.667. The van der Waals surface area contributed by atoms with Crippen LogP contribution in [0.15, 0.2) is 0 Å². The number of hydrogen-bond acceptors (Lipinski definition) is 4. The van der Waals surface area contributed by atoms with Crippen LogP contribution in [-0.2, 0) is 11.2 Å². The maximum atomic E-state index is 11.9. The van der Waals surface area contributed by atoms with Gasteiger partial charge in [-0.3, -0.25) is 0 Å². The molecule has 0 amide bonds. The molecule has 19 heavy (non-hydrogen) atoms. The van der Waals surface area contributed by atoms with E-state index in [4.69, 9.17) is 4.74 Å². The predicted molar refractivity (Wildman–Crippen MR) is 76.8 cm³/mol. The van der Waals surface area contributed by atoms with Crippen molar-refractivity contribution < 1.29 is 13.5 Å². The van der Waals surface area contributed by atoms with Gasteiger partial charge in [0.1, 0.15) is 18.2 Å². The molecule has 0 aliphatic heterocycles. The molecule has 1 aromatic rings. The maximum absolute atomic E-state index is 11.9. The topological polar surface area (TPSA) is 47.0 Å². The minimum Gasteiger partial charge on any atom is -0.375 e. The van der Waals surface area contributed by atoms with Crippen molar-refractivity contribution in [2.75, 3.05) is 25.6 Å². The third-order valence-corrected chi connectivity index (χ3v) is 3.90. The van der Waals surface area contributed by atoms with Crippen molar-refractivity contribution in [3.63, 3.8) is 0 Å². The molecule has 1 saturated carbocycles. The van der Waals surface area contributed by atoms with E-state index in [1.165, 1.54) is 0 Å². The molecule has 4 nitrogen and oxygen atoms in total. The van der Waals surface area contributed by atoms with Gasteiger partial charge in [-0.1, -0.05) is 0 Å². The van der Waals surface area contributed by atoms with E-state index in [1.54, 1.807) is 0 Å². The second-order valence-corrected chi connectivity index (χ2v) is 5.51. The Bertz CT molecular complexity index is 441. The third kappa shape index (κ3) is 4.20. The molecule has 0 saturated heterocycles. The zero-order chi connectivity index (χ0) is 13.8. The van der Waals surface area contributed by atoms with E-state index in [1.807, 2.05) is 7.05 Å². The van der Waals surface area contributed by atoms with Gasteiger partial charge >= 0.3 is 0 Å². The van der Waals surface area contributed by atoms with Gasteiger partial charge in [-0.25, -0.2) is 18.7 Å². The van der Waals surface area contributed by atoms with Crippen molar-refractivity contribution in [1.29, 1.82) is 0 Å². The van der Waals surface area contributed by atoms with E-state index in [9.17, 15) is 8.78 Å². The summed E-state index contributed by atoms with van der Waals surface area (Å²) in [4.78, 5) is 8.91. The molecule has 1 aliphatic carbocycles. The Morgan fingerprint density at radius 3 is 2.74 bits per heavy atom. The largest absolute Gasteiger partial charge is 0.375 e. The Balaban J connectivity index is 2.01. The second kappa shape index (κ2) is 6.74. The van der Waals surface area contributed by atoms with E-state index in [2.05, 4.69) is 37.9 Å². The predicted octanol–water partition coefficient (Wildman–Crippen LogP) is 2.82. The zero-order valence-electron chi connectivity index (χ0n) is 10.6. The molecule has 0 spiro atoms. The van der Waals surface area contributed by atoms with Crippen LogP contribution in [0.5, 0.6) is 0 Å². The molecule has 1 N–H and O–H groups in total. The maximum Gasteiger partial charge on any atom is 0.261 e. The lowest BCUT2D eigenvalue weighted by atomic mass is 10.2. The summed E-state index contributed by atoms with van der Waals surface area (Å²) < 4.78 is 29.8. The minimum atomic E-state index is -2.42. The summed E-state index contributed by atoms with van der Waals surface area (Å²) >= 11 is 2.25. The molecule has 106 valence electrons. The van der Waals surface area contributed by atoms with E-state index in [0.29, 0.717) is 18.2 Å². The van der Waals surface area contributed by atoms with E-state index < -0.39 is 13.0 Å². The average Bonchev–Trinajstić information content (AvgIpc) is 3.20. The van der Waals surface area contributed by atoms with Crippen molar-refractivity contribution in [2.45, 2.75) is 31.6 Å². The Hall–Kier alpha value is -0.570. The molecular weight excluding hydrogens is 367 g/mol. The van der Waals surface area contributed by atoms with Crippen LogP contribution in [-0.4, -0.2) is 36.7 Å². The fourth-order valence-electron chi connectivity index (χ4n) is 1.75. The van der Waals surface area contributed by atoms with E-state index in [0.717, 1.165) is 27.9 Å². The molecule has 0 atom stereocenters. The summed E-state index contributed by atoms with van der Waals surface area (Å²) in [6.07, 6.45) is 0.361. The van der Waals surface area contributed by atoms with Gasteiger partial charge in [0.15, 0.2) is 0 Å². The van der Waals surface area contributed by atoms with Crippen LogP contribution in [0.2, 0.25) is 0 Å². The van der Waals surface area contributed by atoms with Gasteiger partial charge in [0.25, 0.3) is 6.43 Å². The van der Waals surface area contributed by atoms with Crippen LogP contribution in [0.1, 0.15) is 30.3 Å². The number of nitrogens with one attached hydrogen (secondary N) is 1. The summed E-state index contributed by atoms with van der Waals surface area (Å²) in [6, 6.07) is 0. The van der Waals surface area contributed by atoms with Crippen molar-refractivity contribution in [2.24, 2.45) is 0 Å². The van der Waals surface area contributed by atoms with Crippen LogP contribution in [0.3, 0.4) is 0 Å². The number of ether oxygens (including phenoxy) is 1. The molecule has 1 aliphatic rings. The molecule has 1 heterocycles. The van der Waals surface area contributed by atoms with Crippen molar-refractivity contribution in [3.8, 4) is 0 Å². The summed E-state index contributed by atoms with van der Waals surface area (Å²) in [5.74, 6) is 1.99. The lowest BCUT2D eigenvalue weighted by molar-refractivity contribution is 0.0183. The Kier molecular flexibility index (Phi) is 5.26. The van der Waals surface area contributed by atoms with Gasteiger partial charge in [0, 0.05) is 19.4 Å². The molecule has 1 aromatic heterocycles. The second-order valence-electron chi connectivity index (χ2n) is 4.43. The van der Waals surface area contributed by atoms with Crippen LogP contribution < -0.4 is 5.32 Å². The van der Waals surface area contributed by atoms with Gasteiger partial charge in [-0.15, -0.1) is 0 Å². The Morgan fingerprint density at radius 1 is 1.42 bits per heavy atom. The highest BCUT2D eigenvalue weighted by Crippen LogP contribution is 2.42. The normalized spacial score (nSPS) is 15.0. The number of anilines is 1. The van der Waals surface area contributed by atoms with E-state index >= 15 is 0 Å². The van der Waals surface area contributed by atoms with Gasteiger partial charge in [-0.05, 0) is 35.4 Å². The monoisotopic (exact) mass is 383 g/mol. The summed E-state index contributed by atoms with van der Waals surface area (Å²) in [6.45, 7) is -0.309. The number of halogens is 3. The number of aromatic nitrogens is 2. The molecule has 1 fully saturated rings. The molecular formula is C12H16F2IN3O. The first-order valence-electron chi connectivity index (χ1n) is 6.21. The minimum absolute atomic E-state index is 0.220. The first-order valence-corrected chi connectivity index (χ1v) is 7.29. The standard InChI is InChI=1S/C12H16F2IN3O/c1-16-12-10(15)11(7-2-3-7)17-9(18-12)4-5-19-6-8(13)14/h7-8H,2-6H2,1H3,(H,16,17,18). The number of rotatable bonds is 7. The lowest BCUT2D eigenvalue weighted by Crippen LogP contribution is -2.11. The van der Waals surface area contributed by atoms with Crippen molar-refractivity contribution in [3.05, 3.63) is 15.1 Å². The summed E-state index contributed by atoms with van der Waals surface area (Å²) in [5, 5.41) is 3.05. The van der Waals surface area contributed by atoms with Gasteiger partial charge in [0.2, 0.25) is 0 Å². The van der Waals surface area contributed by atoms with Gasteiger partial charge < -0.3 is 10.1 Å². The number of hydrogen-bond donors (Lipinski definition) is 1. The highest BCUT2D eigenvalue weighted by atomic mass is 127. The molecule has 0 aromatic carbocycles. The van der Waals surface area contributed by atoms with Gasteiger partial charge in [0.05, 0.1) is 15.9 Å². The first-order chi connectivity index (χ1) is 9.11. The fourth-order valence-corrected chi connectivity index (χ4v) is 2.70. The Labute approximate surface area is 124 Å². The van der Waals surface area contributed by atoms with Gasteiger partial charge in [-0.2, -0.15) is 0 Å². The SMILES string of the molecule is CNc1nc(CCOCC(F)F)nc(C2CC2)c1I. The average molecular weight is 383 g/mol. The van der Waals surface area contributed by atoms with Crippen LogP contribution in [0.25, 0.3) is 0 Å².